The highest BCUT2D eigenvalue weighted by Crippen LogP contribution is 2.33. The molecule has 2 atom stereocenters. The van der Waals surface area contributed by atoms with E-state index in [4.69, 9.17) is 0 Å². The Morgan fingerprint density at radius 2 is 1.70 bits per heavy atom. The van der Waals surface area contributed by atoms with Crippen molar-refractivity contribution >= 4 is 0 Å². The summed E-state index contributed by atoms with van der Waals surface area (Å²) in [5, 5.41) is 14.5. The summed E-state index contributed by atoms with van der Waals surface area (Å²) >= 11 is 0. The monoisotopic (exact) mass is 273 g/mol. The number of rotatable bonds is 9. The summed E-state index contributed by atoms with van der Waals surface area (Å²) in [6.45, 7) is 15.1. The molecule has 0 spiro atoms. The number of hydrogen-bond acceptors (Lipinski definition) is 2. The van der Waals surface area contributed by atoms with E-state index in [2.05, 4.69) is 37.7 Å². The zero-order valence-corrected chi connectivity index (χ0v) is 12.4. The molecule has 2 unspecified atom stereocenters. The van der Waals surface area contributed by atoms with E-state index in [1.165, 1.54) is 0 Å². The standard InChI is InChI=1S/C18H27NO/c1-5-9-16-13-15(14-17(19-16)10-6-2)18(20,11-7-3)12-8-4/h5-8,13,16-17,19-20H,1-4,9-12,14H2. The van der Waals surface area contributed by atoms with E-state index in [0.29, 0.717) is 18.9 Å². The molecule has 1 heterocycles. The first-order valence-electron chi connectivity index (χ1n) is 7.22. The smallest absolute Gasteiger partial charge is 0.0926 e. The maximum absolute atomic E-state index is 10.9. The van der Waals surface area contributed by atoms with E-state index in [-0.39, 0.29) is 6.04 Å². The third-order valence-corrected chi connectivity index (χ3v) is 3.75. The normalized spacial score (nSPS) is 22.8. The van der Waals surface area contributed by atoms with Crippen LogP contribution < -0.4 is 5.32 Å². The molecular formula is C18H27NO. The predicted molar refractivity (Wildman–Crippen MR) is 87.6 cm³/mol. The van der Waals surface area contributed by atoms with Gasteiger partial charge in [-0.25, -0.2) is 0 Å². The van der Waals surface area contributed by atoms with Crippen LogP contribution in [0.5, 0.6) is 0 Å². The first-order chi connectivity index (χ1) is 9.59. The van der Waals surface area contributed by atoms with E-state index in [9.17, 15) is 5.11 Å². The van der Waals surface area contributed by atoms with Crippen LogP contribution >= 0.6 is 0 Å². The lowest BCUT2D eigenvalue weighted by molar-refractivity contribution is 0.0764. The topological polar surface area (TPSA) is 32.3 Å². The first kappa shape index (κ1) is 16.7. The van der Waals surface area contributed by atoms with Crippen LogP contribution in [-0.4, -0.2) is 22.8 Å². The van der Waals surface area contributed by atoms with Crippen molar-refractivity contribution in [2.24, 2.45) is 0 Å². The van der Waals surface area contributed by atoms with Crippen LogP contribution in [0.2, 0.25) is 0 Å². The fourth-order valence-corrected chi connectivity index (χ4v) is 2.82. The van der Waals surface area contributed by atoms with Crippen molar-refractivity contribution in [3.63, 3.8) is 0 Å². The van der Waals surface area contributed by atoms with Gasteiger partial charge in [0.05, 0.1) is 5.60 Å². The molecule has 1 aliphatic heterocycles. The summed E-state index contributed by atoms with van der Waals surface area (Å²) in [7, 11) is 0. The molecule has 0 saturated heterocycles. The van der Waals surface area contributed by atoms with Crippen molar-refractivity contribution in [3.05, 3.63) is 62.3 Å². The molecule has 1 rings (SSSR count). The quantitative estimate of drug-likeness (QED) is 0.628. The maximum Gasteiger partial charge on any atom is 0.0926 e. The minimum absolute atomic E-state index is 0.224. The Bertz CT molecular complexity index is 384. The van der Waals surface area contributed by atoms with Gasteiger partial charge in [-0.3, -0.25) is 0 Å². The summed E-state index contributed by atoms with van der Waals surface area (Å²) in [5.41, 5.74) is 0.222. The van der Waals surface area contributed by atoms with Crippen LogP contribution in [-0.2, 0) is 0 Å². The van der Waals surface area contributed by atoms with Gasteiger partial charge in [-0.15, -0.1) is 26.3 Å². The van der Waals surface area contributed by atoms with Gasteiger partial charge in [0.2, 0.25) is 0 Å². The van der Waals surface area contributed by atoms with Crippen LogP contribution in [0.25, 0.3) is 0 Å². The Hall–Kier alpha value is -1.38. The minimum atomic E-state index is -0.857. The lowest BCUT2D eigenvalue weighted by Gasteiger charge is -2.37. The van der Waals surface area contributed by atoms with Crippen LogP contribution in [0.1, 0.15) is 32.1 Å². The van der Waals surface area contributed by atoms with E-state index in [1.54, 1.807) is 12.2 Å². The minimum Gasteiger partial charge on any atom is -0.385 e. The van der Waals surface area contributed by atoms with Gasteiger partial charge in [-0.1, -0.05) is 30.4 Å². The zero-order chi connectivity index (χ0) is 15.0. The van der Waals surface area contributed by atoms with Crippen molar-refractivity contribution in [2.45, 2.75) is 49.8 Å². The van der Waals surface area contributed by atoms with Gasteiger partial charge in [-0.05, 0) is 37.7 Å². The predicted octanol–water partition coefficient (Wildman–Crippen LogP) is 3.68. The molecule has 0 aromatic carbocycles. The van der Waals surface area contributed by atoms with Crippen LogP contribution in [0.4, 0.5) is 0 Å². The summed E-state index contributed by atoms with van der Waals surface area (Å²) in [4.78, 5) is 0. The molecule has 0 fully saturated rings. The molecule has 2 nitrogen and oxygen atoms in total. The Morgan fingerprint density at radius 1 is 1.10 bits per heavy atom. The highest BCUT2D eigenvalue weighted by molar-refractivity contribution is 5.26. The average Bonchev–Trinajstić information content (AvgIpc) is 2.40. The van der Waals surface area contributed by atoms with E-state index >= 15 is 0 Å². The number of nitrogens with one attached hydrogen (secondary N) is 1. The highest BCUT2D eigenvalue weighted by atomic mass is 16.3. The Labute approximate surface area is 123 Å². The van der Waals surface area contributed by atoms with Crippen molar-refractivity contribution in [3.8, 4) is 0 Å². The van der Waals surface area contributed by atoms with E-state index in [0.717, 1.165) is 24.8 Å². The Balaban J connectivity index is 3.01. The second-order valence-corrected chi connectivity index (χ2v) is 5.43. The van der Waals surface area contributed by atoms with Gasteiger partial charge in [0.25, 0.3) is 0 Å². The highest BCUT2D eigenvalue weighted by Gasteiger charge is 2.33. The largest absolute Gasteiger partial charge is 0.385 e. The summed E-state index contributed by atoms with van der Waals surface area (Å²) in [5.74, 6) is 0. The van der Waals surface area contributed by atoms with E-state index in [1.807, 2.05) is 12.2 Å². The molecule has 2 heteroatoms. The Kier molecular flexibility index (Phi) is 6.69. The molecule has 0 aromatic heterocycles. The van der Waals surface area contributed by atoms with Crippen LogP contribution in [0, 0.1) is 0 Å². The van der Waals surface area contributed by atoms with Crippen molar-refractivity contribution < 1.29 is 5.11 Å². The summed E-state index contributed by atoms with van der Waals surface area (Å²) in [6.07, 6.45) is 13.2. The SMILES string of the molecule is C=CCC1C=C(C(O)(CC=C)CC=C)CC(CC=C)N1. The van der Waals surface area contributed by atoms with Gasteiger partial charge < -0.3 is 10.4 Å². The van der Waals surface area contributed by atoms with Gasteiger partial charge in [0.1, 0.15) is 0 Å². The average molecular weight is 273 g/mol. The zero-order valence-electron chi connectivity index (χ0n) is 12.4. The number of hydrogen-bond donors (Lipinski definition) is 2. The van der Waals surface area contributed by atoms with Gasteiger partial charge in [-0.2, -0.15) is 0 Å². The van der Waals surface area contributed by atoms with Crippen molar-refractivity contribution in [1.82, 2.24) is 5.32 Å². The maximum atomic E-state index is 10.9. The molecule has 0 amide bonds. The fraction of sp³-hybridized carbons (Fsp3) is 0.444. The van der Waals surface area contributed by atoms with Gasteiger partial charge in [0, 0.05) is 12.1 Å². The molecule has 20 heavy (non-hydrogen) atoms. The molecule has 0 aromatic rings. The number of aliphatic hydroxyl groups is 1. The summed E-state index contributed by atoms with van der Waals surface area (Å²) in [6, 6.07) is 0.543. The second kappa shape index (κ2) is 8.03. The second-order valence-electron chi connectivity index (χ2n) is 5.43. The van der Waals surface area contributed by atoms with Crippen molar-refractivity contribution in [1.29, 1.82) is 0 Å². The van der Waals surface area contributed by atoms with Crippen molar-refractivity contribution in [2.75, 3.05) is 0 Å². The third kappa shape index (κ3) is 4.32. The lowest BCUT2D eigenvalue weighted by Crippen LogP contribution is -2.45. The molecule has 2 N–H and O–H groups in total. The fourth-order valence-electron chi connectivity index (χ4n) is 2.82. The molecule has 1 aliphatic rings. The lowest BCUT2D eigenvalue weighted by atomic mass is 9.79. The molecular weight excluding hydrogens is 246 g/mol. The van der Waals surface area contributed by atoms with E-state index < -0.39 is 5.60 Å². The molecule has 0 saturated carbocycles. The van der Waals surface area contributed by atoms with Crippen LogP contribution in [0.15, 0.2) is 62.3 Å². The molecule has 0 radical (unpaired) electrons. The third-order valence-electron chi connectivity index (χ3n) is 3.75. The molecule has 0 bridgehead atoms. The summed E-state index contributed by atoms with van der Waals surface area (Å²) < 4.78 is 0. The Morgan fingerprint density at radius 3 is 2.20 bits per heavy atom. The molecule has 110 valence electrons. The van der Waals surface area contributed by atoms with Gasteiger partial charge >= 0.3 is 0 Å². The van der Waals surface area contributed by atoms with Gasteiger partial charge in [0.15, 0.2) is 0 Å². The first-order valence-corrected chi connectivity index (χ1v) is 7.22. The molecule has 0 aliphatic carbocycles. The van der Waals surface area contributed by atoms with Crippen LogP contribution in [0.3, 0.4) is 0 Å².